The number of hydrogen-bond donors (Lipinski definition) is 3. The van der Waals surface area contributed by atoms with Crippen LogP contribution in [0.2, 0.25) is 0 Å². The van der Waals surface area contributed by atoms with Crippen molar-refractivity contribution in [1.82, 2.24) is 15.0 Å². The molecule has 1 aliphatic heterocycles. The Bertz CT molecular complexity index is 988. The first-order chi connectivity index (χ1) is 12.9. The molecule has 3 aromatic rings. The third-order valence-electron chi connectivity index (χ3n) is 3.77. The molecule has 1 aromatic carbocycles. The Balaban J connectivity index is 1.64. The van der Waals surface area contributed by atoms with Crippen molar-refractivity contribution in [3.63, 3.8) is 0 Å². The summed E-state index contributed by atoms with van der Waals surface area (Å²) in [5.41, 5.74) is 7.05. The lowest BCUT2D eigenvalue weighted by atomic mass is 10.2. The fourth-order valence-corrected chi connectivity index (χ4v) is 2.57. The summed E-state index contributed by atoms with van der Waals surface area (Å²) in [6, 6.07) is 7.74. The van der Waals surface area contributed by atoms with Crippen LogP contribution in [0.25, 0.3) is 11.3 Å². The molecule has 4 rings (SSSR count). The molecule has 3 heterocycles. The summed E-state index contributed by atoms with van der Waals surface area (Å²) in [6.45, 7) is 0. The number of benzene rings is 1. The second-order valence-electron chi connectivity index (χ2n) is 5.61. The van der Waals surface area contributed by atoms with Crippen molar-refractivity contribution in [2.45, 2.75) is 12.5 Å². The summed E-state index contributed by atoms with van der Waals surface area (Å²) < 4.78 is 35.5. The molecule has 1 unspecified atom stereocenters. The predicted molar refractivity (Wildman–Crippen MR) is 90.9 cm³/mol. The monoisotopic (exact) mass is 373 g/mol. The lowest BCUT2D eigenvalue weighted by molar-refractivity contribution is -0.286. The zero-order valence-electron chi connectivity index (χ0n) is 13.6. The maximum Gasteiger partial charge on any atom is 0.586 e. The Labute approximate surface area is 151 Å². The number of hydrogen-bond acceptors (Lipinski definition) is 8. The van der Waals surface area contributed by atoms with Crippen LogP contribution in [0.15, 0.2) is 48.9 Å². The number of rotatable bonds is 4. The number of nitrogen functional groups attached to an aromatic ring is 1. The fourth-order valence-electron chi connectivity index (χ4n) is 2.57. The van der Waals surface area contributed by atoms with E-state index in [0.29, 0.717) is 11.3 Å². The Morgan fingerprint density at radius 1 is 1.15 bits per heavy atom. The number of nitrogens with zero attached hydrogens (tertiary/aromatic N) is 3. The van der Waals surface area contributed by atoms with Gasteiger partial charge in [-0.05, 0) is 24.3 Å². The maximum atomic E-state index is 13.3. The van der Waals surface area contributed by atoms with Crippen molar-refractivity contribution in [2.75, 3.05) is 11.1 Å². The molecule has 0 amide bonds. The highest BCUT2D eigenvalue weighted by Gasteiger charge is 2.44. The van der Waals surface area contributed by atoms with E-state index < -0.39 is 12.5 Å². The third kappa shape index (κ3) is 3.29. The molecule has 8 nitrogen and oxygen atoms in total. The van der Waals surface area contributed by atoms with Crippen molar-refractivity contribution >= 4 is 11.5 Å². The van der Waals surface area contributed by atoms with Crippen LogP contribution in [0.4, 0.5) is 20.3 Å². The quantitative estimate of drug-likeness (QED) is 0.598. The average Bonchev–Trinajstić information content (AvgIpc) is 2.98. The number of pyridine rings is 1. The number of nitrogens with two attached hydrogens (primary N) is 1. The van der Waals surface area contributed by atoms with Gasteiger partial charge in [-0.3, -0.25) is 4.98 Å². The van der Waals surface area contributed by atoms with Gasteiger partial charge in [0.15, 0.2) is 17.7 Å². The number of aromatic nitrogens is 3. The van der Waals surface area contributed by atoms with Crippen LogP contribution in [0.1, 0.15) is 11.9 Å². The molecule has 0 bridgehead atoms. The SMILES string of the molecule is Nc1ncc(-c2cccnc2)nc1C(O)Nc1cccc2c1OC(F)(F)O2. The van der Waals surface area contributed by atoms with Gasteiger partial charge < -0.3 is 25.6 Å². The van der Waals surface area contributed by atoms with E-state index in [1.807, 2.05) is 0 Å². The van der Waals surface area contributed by atoms with Crippen molar-refractivity contribution in [3.05, 3.63) is 54.6 Å². The second-order valence-corrected chi connectivity index (χ2v) is 5.61. The van der Waals surface area contributed by atoms with E-state index in [4.69, 9.17) is 5.73 Å². The molecule has 0 saturated carbocycles. The zero-order chi connectivity index (χ0) is 19.0. The van der Waals surface area contributed by atoms with Gasteiger partial charge in [-0.2, -0.15) is 0 Å². The lowest BCUT2D eigenvalue weighted by Gasteiger charge is -2.17. The number of fused-ring (bicyclic) bond motifs is 1. The molecule has 0 saturated heterocycles. The molecule has 0 spiro atoms. The Kier molecular flexibility index (Phi) is 3.96. The summed E-state index contributed by atoms with van der Waals surface area (Å²) in [4.78, 5) is 12.3. The van der Waals surface area contributed by atoms with E-state index in [1.54, 1.807) is 24.5 Å². The van der Waals surface area contributed by atoms with Crippen LogP contribution >= 0.6 is 0 Å². The molecule has 10 heteroatoms. The van der Waals surface area contributed by atoms with Crippen LogP contribution in [0.5, 0.6) is 11.5 Å². The van der Waals surface area contributed by atoms with Gasteiger partial charge >= 0.3 is 6.29 Å². The minimum absolute atomic E-state index is 0.0160. The average molecular weight is 373 g/mol. The minimum Gasteiger partial charge on any atom is -0.395 e. The van der Waals surface area contributed by atoms with E-state index in [0.717, 1.165) is 0 Å². The van der Waals surface area contributed by atoms with Gasteiger partial charge in [0, 0.05) is 18.0 Å². The molecule has 0 fully saturated rings. The maximum absolute atomic E-state index is 13.3. The van der Waals surface area contributed by atoms with Gasteiger partial charge in [-0.15, -0.1) is 8.78 Å². The number of nitrogens with one attached hydrogen (secondary N) is 1. The van der Waals surface area contributed by atoms with Crippen LogP contribution in [-0.2, 0) is 0 Å². The number of anilines is 2. The normalized spacial score (nSPS) is 15.4. The highest BCUT2D eigenvalue weighted by Crippen LogP contribution is 2.46. The topological polar surface area (TPSA) is 115 Å². The molecule has 0 aliphatic carbocycles. The summed E-state index contributed by atoms with van der Waals surface area (Å²) in [6.07, 6.45) is -0.566. The number of halogens is 2. The summed E-state index contributed by atoms with van der Waals surface area (Å²) in [5, 5.41) is 13.1. The van der Waals surface area contributed by atoms with Crippen LogP contribution < -0.4 is 20.5 Å². The molecule has 1 aliphatic rings. The Morgan fingerprint density at radius 3 is 2.78 bits per heavy atom. The summed E-state index contributed by atoms with van der Waals surface area (Å²) in [7, 11) is 0. The zero-order valence-corrected chi connectivity index (χ0v) is 13.6. The van der Waals surface area contributed by atoms with E-state index in [1.165, 1.54) is 24.4 Å². The van der Waals surface area contributed by atoms with Crippen LogP contribution in [0.3, 0.4) is 0 Å². The Hall–Kier alpha value is -3.53. The number of ether oxygens (including phenoxy) is 2. The van der Waals surface area contributed by atoms with Crippen LogP contribution in [-0.4, -0.2) is 26.4 Å². The largest absolute Gasteiger partial charge is 0.586 e. The standard InChI is InChI=1S/C17H13F2N5O3/c18-17(19)26-12-5-1-4-10(14(12)27-17)24-16(25)13-15(20)22-8-11(23-13)9-3-2-6-21-7-9/h1-8,16,24-25H,(H2,20,22). The van der Waals surface area contributed by atoms with Gasteiger partial charge in [0.25, 0.3) is 0 Å². The molecule has 0 radical (unpaired) electrons. The van der Waals surface area contributed by atoms with Crippen molar-refractivity contribution in [1.29, 1.82) is 0 Å². The summed E-state index contributed by atoms with van der Waals surface area (Å²) >= 11 is 0. The first kappa shape index (κ1) is 16.9. The van der Waals surface area contributed by atoms with Gasteiger partial charge in [0.05, 0.1) is 17.6 Å². The molecule has 138 valence electrons. The number of aliphatic hydroxyl groups is 1. The number of aliphatic hydroxyl groups excluding tert-OH is 1. The first-order valence-corrected chi connectivity index (χ1v) is 7.79. The Morgan fingerprint density at radius 2 is 2.00 bits per heavy atom. The van der Waals surface area contributed by atoms with Crippen molar-refractivity contribution in [2.24, 2.45) is 0 Å². The number of alkyl halides is 2. The van der Waals surface area contributed by atoms with Crippen molar-refractivity contribution < 1.29 is 23.4 Å². The molecular formula is C17H13F2N5O3. The van der Waals surface area contributed by atoms with Crippen LogP contribution in [0, 0.1) is 0 Å². The minimum atomic E-state index is -3.77. The highest BCUT2D eigenvalue weighted by atomic mass is 19.3. The van der Waals surface area contributed by atoms with Gasteiger partial charge in [-0.1, -0.05) is 6.07 Å². The third-order valence-corrected chi connectivity index (χ3v) is 3.77. The van der Waals surface area contributed by atoms with E-state index >= 15 is 0 Å². The first-order valence-electron chi connectivity index (χ1n) is 7.79. The number of para-hydroxylation sites is 1. The lowest BCUT2D eigenvalue weighted by Crippen LogP contribution is -2.26. The van der Waals surface area contributed by atoms with Gasteiger partial charge in [0.1, 0.15) is 11.5 Å². The van der Waals surface area contributed by atoms with E-state index in [2.05, 4.69) is 29.7 Å². The van der Waals surface area contributed by atoms with E-state index in [-0.39, 0.29) is 28.7 Å². The highest BCUT2D eigenvalue weighted by molar-refractivity contribution is 5.65. The van der Waals surface area contributed by atoms with Gasteiger partial charge in [-0.25, -0.2) is 9.97 Å². The molecule has 2 aromatic heterocycles. The molecular weight excluding hydrogens is 360 g/mol. The molecule has 27 heavy (non-hydrogen) atoms. The van der Waals surface area contributed by atoms with E-state index in [9.17, 15) is 13.9 Å². The van der Waals surface area contributed by atoms with Gasteiger partial charge in [0.2, 0.25) is 0 Å². The fraction of sp³-hybridized carbons (Fsp3) is 0.118. The molecule has 4 N–H and O–H groups in total. The predicted octanol–water partition coefficient (Wildman–Crippen LogP) is 2.55. The smallest absolute Gasteiger partial charge is 0.395 e. The second kappa shape index (κ2) is 6.32. The molecule has 1 atom stereocenters. The van der Waals surface area contributed by atoms with Crippen molar-refractivity contribution in [3.8, 4) is 22.8 Å². The summed E-state index contributed by atoms with van der Waals surface area (Å²) in [5.74, 6) is -0.394.